The molecule has 4 aromatic rings. The van der Waals surface area contributed by atoms with Crippen LogP contribution < -0.4 is 5.69 Å². The minimum absolute atomic E-state index is 0.135. The van der Waals surface area contributed by atoms with Crippen molar-refractivity contribution in [3.63, 3.8) is 0 Å². The van der Waals surface area contributed by atoms with Gasteiger partial charge in [-0.05, 0) is 42.7 Å². The fourth-order valence-corrected chi connectivity index (χ4v) is 3.69. The van der Waals surface area contributed by atoms with Crippen molar-refractivity contribution < 1.29 is 4.74 Å². The molecule has 178 valence electrons. The molecule has 4 rings (SSSR count). The Morgan fingerprint density at radius 2 is 1.82 bits per heavy atom. The molecule has 3 heterocycles. The van der Waals surface area contributed by atoms with E-state index in [0.29, 0.717) is 35.7 Å². The zero-order valence-corrected chi connectivity index (χ0v) is 20.7. The Hall–Kier alpha value is -3.81. The number of ether oxygens (including phenoxy) is 1. The number of pyridine rings is 1. The summed E-state index contributed by atoms with van der Waals surface area (Å²) in [5.41, 5.74) is 4.50. The lowest BCUT2D eigenvalue weighted by atomic mass is 10.0. The lowest BCUT2D eigenvalue weighted by Crippen LogP contribution is -2.23. The predicted molar refractivity (Wildman–Crippen MR) is 135 cm³/mol. The molecule has 0 amide bonds. The Bertz CT molecular complexity index is 1340. The lowest BCUT2D eigenvalue weighted by Gasteiger charge is -2.10. The first-order chi connectivity index (χ1) is 16.4. The molecule has 0 saturated heterocycles. The summed E-state index contributed by atoms with van der Waals surface area (Å²) < 4.78 is 8.46. The highest BCUT2D eigenvalue weighted by Gasteiger charge is 2.17. The first kappa shape index (κ1) is 24.8. The van der Waals surface area contributed by atoms with Crippen molar-refractivity contribution in [2.45, 2.75) is 47.1 Å². The van der Waals surface area contributed by atoms with E-state index < -0.39 is 0 Å². The van der Waals surface area contributed by atoms with Gasteiger partial charge in [0.1, 0.15) is 5.52 Å². The van der Waals surface area contributed by atoms with Crippen LogP contribution in [0.2, 0.25) is 0 Å². The molecule has 3 aromatic heterocycles. The average Bonchev–Trinajstić information content (AvgIpc) is 3.10. The van der Waals surface area contributed by atoms with E-state index in [1.165, 1.54) is 0 Å². The van der Waals surface area contributed by atoms with E-state index in [0.717, 1.165) is 16.8 Å². The summed E-state index contributed by atoms with van der Waals surface area (Å²) in [5.74, 6) is 0.905. The van der Waals surface area contributed by atoms with Gasteiger partial charge in [-0.25, -0.2) is 14.8 Å². The quantitative estimate of drug-likeness (QED) is 0.331. The molecular formula is C26H32N6O2. The van der Waals surface area contributed by atoms with Gasteiger partial charge in [-0.2, -0.15) is 0 Å². The van der Waals surface area contributed by atoms with Gasteiger partial charge in [-0.1, -0.05) is 39.8 Å². The third-order valence-corrected chi connectivity index (χ3v) is 5.36. The topological polar surface area (TPSA) is 98.7 Å². The Labute approximate surface area is 199 Å². The van der Waals surface area contributed by atoms with E-state index in [9.17, 15) is 4.79 Å². The van der Waals surface area contributed by atoms with Crippen molar-refractivity contribution in [3.8, 4) is 11.4 Å². The Morgan fingerprint density at radius 3 is 2.47 bits per heavy atom. The third kappa shape index (κ3) is 4.90. The summed E-state index contributed by atoms with van der Waals surface area (Å²) >= 11 is 0. The van der Waals surface area contributed by atoms with Crippen molar-refractivity contribution in [2.75, 3.05) is 6.61 Å². The molecule has 0 unspecified atom stereocenters. The molecule has 1 N–H and O–H groups in total. The zero-order valence-electron chi connectivity index (χ0n) is 20.7. The predicted octanol–water partition coefficient (Wildman–Crippen LogP) is 4.75. The number of nitrogens with zero attached hydrogens (tertiary/aromatic N) is 5. The fourth-order valence-electron chi connectivity index (χ4n) is 3.69. The highest BCUT2D eigenvalue weighted by Crippen LogP contribution is 2.25. The van der Waals surface area contributed by atoms with Crippen LogP contribution in [0, 0.1) is 5.41 Å². The van der Waals surface area contributed by atoms with Crippen LogP contribution in [0.25, 0.3) is 22.6 Å². The summed E-state index contributed by atoms with van der Waals surface area (Å²) in [4.78, 5) is 26.8. The number of hydrogen-bond acceptors (Lipinski definition) is 6. The van der Waals surface area contributed by atoms with Gasteiger partial charge in [0.05, 0.1) is 25.0 Å². The molecule has 8 nitrogen and oxygen atoms in total. The fraction of sp³-hybridized carbons (Fsp3) is 0.346. The normalized spacial score (nSPS) is 10.8. The van der Waals surface area contributed by atoms with Crippen LogP contribution in [0.5, 0.6) is 0 Å². The van der Waals surface area contributed by atoms with E-state index in [4.69, 9.17) is 15.1 Å². The maximum atomic E-state index is 13.0. The van der Waals surface area contributed by atoms with Crippen LogP contribution in [0.4, 0.5) is 0 Å². The summed E-state index contributed by atoms with van der Waals surface area (Å²) in [6.45, 7) is 10.8. The van der Waals surface area contributed by atoms with Crippen LogP contribution in [-0.4, -0.2) is 36.6 Å². The molecule has 0 aliphatic carbocycles. The number of aromatic nitrogens is 5. The number of benzene rings is 1. The number of nitrogens with one attached hydrogen (secondary N) is 1. The minimum atomic E-state index is -0.159. The summed E-state index contributed by atoms with van der Waals surface area (Å²) in [7, 11) is 1.72. The molecular weight excluding hydrogens is 428 g/mol. The van der Waals surface area contributed by atoms with Crippen LogP contribution in [0.1, 0.15) is 57.4 Å². The van der Waals surface area contributed by atoms with Crippen molar-refractivity contribution in [1.29, 1.82) is 5.41 Å². The maximum absolute atomic E-state index is 13.0. The Morgan fingerprint density at radius 1 is 1.12 bits per heavy atom. The Kier molecular flexibility index (Phi) is 7.94. The summed E-state index contributed by atoms with van der Waals surface area (Å²) in [6, 6.07) is 11.3. The van der Waals surface area contributed by atoms with E-state index in [-0.39, 0.29) is 17.5 Å². The molecule has 0 radical (unpaired) electrons. The molecule has 1 aromatic carbocycles. The molecule has 0 spiro atoms. The molecule has 34 heavy (non-hydrogen) atoms. The molecule has 0 saturated carbocycles. The number of hydrogen-bond donors (Lipinski definition) is 1. The number of aryl methyl sites for hydroxylation is 1. The van der Waals surface area contributed by atoms with Gasteiger partial charge in [-0.15, -0.1) is 0 Å². The molecule has 0 bridgehead atoms. The number of fused-ring (bicyclic) bond motifs is 1. The largest absolute Gasteiger partial charge is 0.478 e. The first-order valence-corrected chi connectivity index (χ1v) is 11.6. The second kappa shape index (κ2) is 10.9. The van der Waals surface area contributed by atoms with Gasteiger partial charge in [0.2, 0.25) is 5.90 Å². The summed E-state index contributed by atoms with van der Waals surface area (Å²) in [6.07, 6.45) is 3.46. The average molecular weight is 461 g/mol. The van der Waals surface area contributed by atoms with Gasteiger partial charge in [0.25, 0.3) is 0 Å². The van der Waals surface area contributed by atoms with Crippen molar-refractivity contribution in [3.05, 3.63) is 76.1 Å². The zero-order chi connectivity index (χ0) is 24.8. The van der Waals surface area contributed by atoms with Gasteiger partial charge in [0, 0.05) is 24.4 Å². The van der Waals surface area contributed by atoms with E-state index in [1.54, 1.807) is 28.6 Å². The lowest BCUT2D eigenvalue weighted by molar-refractivity contribution is 0.325. The third-order valence-electron chi connectivity index (χ3n) is 5.36. The van der Waals surface area contributed by atoms with Gasteiger partial charge in [-0.3, -0.25) is 19.5 Å². The standard InChI is InChI=1S/C24H26N6O2.C2H6/c1-5-32-21(25)17-10-8-16(9-11-17)14-30-23-19(29(4)24(30)31)13-27-22(28-23)18-7-6-12-26-20(18)15(2)3;1-2/h6-13,15,25H,5,14H2,1-4H3;1-2H3. The van der Waals surface area contributed by atoms with Crippen molar-refractivity contribution >= 4 is 17.1 Å². The van der Waals surface area contributed by atoms with E-state index in [1.807, 2.05) is 57.2 Å². The van der Waals surface area contributed by atoms with Crippen LogP contribution in [0.3, 0.4) is 0 Å². The van der Waals surface area contributed by atoms with Crippen LogP contribution in [0.15, 0.2) is 53.6 Å². The van der Waals surface area contributed by atoms with E-state index in [2.05, 4.69) is 23.8 Å². The second-order valence-electron chi connectivity index (χ2n) is 7.88. The summed E-state index contributed by atoms with van der Waals surface area (Å²) in [5, 5.41) is 7.92. The number of rotatable bonds is 6. The number of imidazole rings is 1. The van der Waals surface area contributed by atoms with Gasteiger partial charge >= 0.3 is 5.69 Å². The monoisotopic (exact) mass is 460 g/mol. The van der Waals surface area contributed by atoms with Crippen LogP contribution in [-0.2, 0) is 18.3 Å². The molecule has 0 atom stereocenters. The van der Waals surface area contributed by atoms with Crippen LogP contribution >= 0.6 is 0 Å². The SMILES string of the molecule is CC.CCOC(=N)c1ccc(Cn2c(=O)n(C)c3cnc(-c4cccnc4C(C)C)nc32)cc1. The molecule has 8 heteroatoms. The second-order valence-corrected chi connectivity index (χ2v) is 7.88. The highest BCUT2D eigenvalue weighted by molar-refractivity contribution is 5.91. The molecule has 0 fully saturated rings. The highest BCUT2D eigenvalue weighted by atomic mass is 16.5. The van der Waals surface area contributed by atoms with Gasteiger partial charge in [0.15, 0.2) is 11.5 Å². The smallest absolute Gasteiger partial charge is 0.330 e. The molecule has 0 aliphatic rings. The van der Waals surface area contributed by atoms with Crippen molar-refractivity contribution in [1.82, 2.24) is 24.1 Å². The Balaban J connectivity index is 0.00000158. The maximum Gasteiger partial charge on any atom is 0.330 e. The van der Waals surface area contributed by atoms with E-state index >= 15 is 0 Å². The molecule has 0 aliphatic heterocycles. The van der Waals surface area contributed by atoms with Gasteiger partial charge < -0.3 is 4.74 Å². The van der Waals surface area contributed by atoms with Crippen molar-refractivity contribution in [2.24, 2.45) is 7.05 Å². The first-order valence-electron chi connectivity index (χ1n) is 11.6. The minimum Gasteiger partial charge on any atom is -0.478 e.